The molecule has 4 rings (SSSR count). The average Bonchev–Trinajstić information content (AvgIpc) is 3.40. The Morgan fingerprint density at radius 3 is 2.84 bits per heavy atom. The number of rotatable bonds is 6. The number of aromatic nitrogens is 1. The minimum Gasteiger partial charge on any atom is -0.382 e. The number of thioether (sulfide) groups is 1. The first kappa shape index (κ1) is 22.5. The summed E-state index contributed by atoms with van der Waals surface area (Å²) < 4.78 is 1.28. The molecule has 0 bridgehead atoms. The number of aliphatic hydroxyl groups excluding tert-OH is 1. The van der Waals surface area contributed by atoms with E-state index in [9.17, 15) is 14.7 Å². The fraction of sp³-hybridized carbons (Fsp3) is 0.333. The molecule has 2 heterocycles. The maximum atomic E-state index is 13.0. The number of fused-ring (bicyclic) bond motifs is 2. The van der Waals surface area contributed by atoms with Crippen LogP contribution in [0.4, 0.5) is 0 Å². The number of nitrogens with zero attached hydrogens (tertiary/aromatic N) is 1. The highest BCUT2D eigenvalue weighted by Gasteiger charge is 2.39. The van der Waals surface area contributed by atoms with Crippen LogP contribution < -0.4 is 5.32 Å². The van der Waals surface area contributed by atoms with Crippen LogP contribution >= 0.6 is 46.3 Å². The molecule has 0 spiro atoms. The van der Waals surface area contributed by atoms with Crippen molar-refractivity contribution in [3.63, 3.8) is 0 Å². The lowest BCUT2D eigenvalue weighted by atomic mass is 10.0. The van der Waals surface area contributed by atoms with E-state index in [4.69, 9.17) is 23.2 Å². The first-order valence-corrected chi connectivity index (χ1v) is 12.6. The lowest BCUT2D eigenvalue weighted by Crippen LogP contribution is -2.48. The second kappa shape index (κ2) is 9.03. The predicted octanol–water partition coefficient (Wildman–Crippen LogP) is 4.11. The summed E-state index contributed by atoms with van der Waals surface area (Å²) >= 11 is 15.0. The third kappa shape index (κ3) is 4.19. The van der Waals surface area contributed by atoms with E-state index < -0.39 is 6.10 Å². The monoisotopic (exact) mass is 497 g/mol. The van der Waals surface area contributed by atoms with Crippen LogP contribution in [0.5, 0.6) is 0 Å². The molecule has 0 saturated heterocycles. The lowest BCUT2D eigenvalue weighted by molar-refractivity contribution is -0.140. The molecule has 10 heteroatoms. The molecule has 6 nitrogen and oxygen atoms in total. The van der Waals surface area contributed by atoms with Crippen LogP contribution in [0, 0.1) is 0 Å². The summed E-state index contributed by atoms with van der Waals surface area (Å²) in [4.78, 5) is 30.4. The molecule has 0 saturated carbocycles. The summed E-state index contributed by atoms with van der Waals surface area (Å²) in [6, 6.07) is 8.83. The molecule has 3 atom stereocenters. The van der Waals surface area contributed by atoms with Gasteiger partial charge >= 0.3 is 0 Å². The van der Waals surface area contributed by atoms with Gasteiger partial charge in [-0.2, -0.15) is 11.8 Å². The van der Waals surface area contributed by atoms with Crippen LogP contribution in [0.2, 0.25) is 9.36 Å². The van der Waals surface area contributed by atoms with Crippen LogP contribution in [-0.4, -0.2) is 58.0 Å². The first-order valence-electron chi connectivity index (χ1n) is 9.60. The van der Waals surface area contributed by atoms with E-state index in [1.54, 1.807) is 18.0 Å². The highest BCUT2D eigenvalue weighted by Crippen LogP contribution is 2.39. The number of carbonyl (C=O) groups excluding carboxylic acids is 2. The maximum absolute atomic E-state index is 13.0. The normalized spacial score (nSPS) is 18.7. The number of halogens is 2. The van der Waals surface area contributed by atoms with Crippen LogP contribution in [0.25, 0.3) is 10.2 Å². The van der Waals surface area contributed by atoms with Gasteiger partial charge in [0.25, 0.3) is 11.8 Å². The van der Waals surface area contributed by atoms with Gasteiger partial charge in [0.1, 0.15) is 16.1 Å². The van der Waals surface area contributed by atoms with Crippen LogP contribution in [-0.2, 0) is 11.2 Å². The van der Waals surface area contributed by atoms with Gasteiger partial charge in [-0.3, -0.25) is 9.59 Å². The van der Waals surface area contributed by atoms with Gasteiger partial charge in [-0.25, -0.2) is 0 Å². The Hall–Kier alpha value is -1.71. The second-order valence-electron chi connectivity index (χ2n) is 7.46. The molecular weight excluding hydrogens is 477 g/mol. The maximum Gasteiger partial charge on any atom is 0.268 e. The molecule has 2 aromatic heterocycles. The predicted molar refractivity (Wildman–Crippen MR) is 127 cm³/mol. The quantitative estimate of drug-likeness (QED) is 0.478. The average molecular weight is 498 g/mol. The third-order valence-electron chi connectivity index (χ3n) is 5.50. The number of benzene rings is 1. The number of likely N-dealkylation sites (N-methyl/N-ethyl adjacent to an activating group) is 1. The molecule has 1 aliphatic rings. The molecule has 31 heavy (non-hydrogen) atoms. The number of hydrogen-bond acceptors (Lipinski definition) is 5. The summed E-state index contributed by atoms with van der Waals surface area (Å²) in [5.41, 5.74) is 3.06. The van der Waals surface area contributed by atoms with Crippen molar-refractivity contribution in [3.05, 3.63) is 56.5 Å². The van der Waals surface area contributed by atoms with Crippen LogP contribution in [0.3, 0.4) is 0 Å². The van der Waals surface area contributed by atoms with Gasteiger partial charge in [-0.15, -0.1) is 11.3 Å². The van der Waals surface area contributed by atoms with E-state index in [2.05, 4.69) is 10.3 Å². The fourth-order valence-electron chi connectivity index (χ4n) is 4.07. The largest absolute Gasteiger partial charge is 0.382 e. The Labute approximate surface area is 197 Å². The Morgan fingerprint density at radius 2 is 2.13 bits per heavy atom. The number of aromatic amines is 1. The van der Waals surface area contributed by atoms with Gasteiger partial charge < -0.3 is 20.3 Å². The first-order chi connectivity index (χ1) is 14.8. The van der Waals surface area contributed by atoms with Gasteiger partial charge in [-0.1, -0.05) is 47.5 Å². The van der Waals surface area contributed by atoms with Crippen molar-refractivity contribution in [3.8, 4) is 0 Å². The molecule has 0 fully saturated rings. The van der Waals surface area contributed by atoms with Crippen LogP contribution in [0.15, 0.2) is 30.3 Å². The SMILES string of the molecule is CSC[C@H](O)C(=O)N(C)[C@@H]1c2ccccc2C[C@H]1NC(=O)c1cc2sc(Cl)c(Cl)c2[nH]1. The minimum atomic E-state index is -1.09. The summed E-state index contributed by atoms with van der Waals surface area (Å²) in [6.07, 6.45) is 1.33. The van der Waals surface area contributed by atoms with Gasteiger partial charge in [0.15, 0.2) is 0 Å². The molecular formula is C21H21Cl2N3O3S2. The Balaban J connectivity index is 1.59. The topological polar surface area (TPSA) is 85.4 Å². The molecule has 0 radical (unpaired) electrons. The zero-order valence-corrected chi connectivity index (χ0v) is 20.0. The van der Waals surface area contributed by atoms with Gasteiger partial charge in [0.2, 0.25) is 0 Å². The van der Waals surface area contributed by atoms with E-state index >= 15 is 0 Å². The molecule has 164 valence electrons. The van der Waals surface area contributed by atoms with Crippen molar-refractivity contribution in [1.29, 1.82) is 0 Å². The van der Waals surface area contributed by atoms with E-state index in [-0.39, 0.29) is 23.9 Å². The van der Waals surface area contributed by atoms with E-state index in [0.717, 1.165) is 15.8 Å². The molecule has 0 aliphatic heterocycles. The van der Waals surface area contributed by atoms with E-state index in [1.165, 1.54) is 23.1 Å². The molecule has 1 aliphatic carbocycles. The van der Waals surface area contributed by atoms with E-state index in [1.807, 2.05) is 30.5 Å². The van der Waals surface area contributed by atoms with Crippen molar-refractivity contribution in [1.82, 2.24) is 15.2 Å². The zero-order valence-electron chi connectivity index (χ0n) is 16.8. The second-order valence-corrected chi connectivity index (χ2v) is 10.4. The summed E-state index contributed by atoms with van der Waals surface area (Å²) in [7, 11) is 1.67. The molecule has 3 aromatic rings. The molecule has 3 N–H and O–H groups in total. The highest BCUT2D eigenvalue weighted by atomic mass is 35.5. The summed E-state index contributed by atoms with van der Waals surface area (Å²) in [5, 5.41) is 13.7. The van der Waals surface area contributed by atoms with Crippen molar-refractivity contribution >= 4 is 68.3 Å². The Kier molecular flexibility index (Phi) is 6.55. The zero-order chi connectivity index (χ0) is 22.3. The standard InChI is InChI=1S/C21H21Cl2N3O3S2/c1-26(21(29)14(27)9-30-2)18-11-6-4-3-5-10(11)7-12(18)25-20(28)13-8-15-17(24-13)16(22)19(23)31-15/h3-6,8,12,14,18,24,27H,7,9H2,1-2H3,(H,25,28)/t12-,14+,18-/m1/s1. The van der Waals surface area contributed by atoms with Gasteiger partial charge in [-0.05, 0) is 29.9 Å². The fourth-order valence-corrected chi connectivity index (χ4v) is 6.01. The van der Waals surface area contributed by atoms with Crippen molar-refractivity contribution in [2.75, 3.05) is 19.1 Å². The van der Waals surface area contributed by atoms with E-state index in [0.29, 0.717) is 32.7 Å². The Bertz CT molecular complexity index is 1150. The lowest BCUT2D eigenvalue weighted by Gasteiger charge is -2.32. The number of amides is 2. The highest BCUT2D eigenvalue weighted by molar-refractivity contribution is 7.98. The van der Waals surface area contributed by atoms with Crippen molar-refractivity contribution in [2.45, 2.75) is 24.6 Å². The number of H-pyrrole nitrogens is 1. The number of aliphatic hydroxyl groups is 1. The minimum absolute atomic E-state index is 0.288. The molecule has 2 amide bonds. The molecule has 0 unspecified atom stereocenters. The summed E-state index contributed by atoms with van der Waals surface area (Å²) in [6.45, 7) is 0. The van der Waals surface area contributed by atoms with Crippen LogP contribution in [0.1, 0.15) is 27.7 Å². The van der Waals surface area contributed by atoms with Gasteiger partial charge in [0.05, 0.1) is 27.3 Å². The Morgan fingerprint density at radius 1 is 1.39 bits per heavy atom. The molecule has 1 aromatic carbocycles. The van der Waals surface area contributed by atoms with Crippen molar-refractivity contribution in [2.24, 2.45) is 0 Å². The van der Waals surface area contributed by atoms with Gasteiger partial charge in [0, 0.05) is 12.8 Å². The summed E-state index contributed by atoms with van der Waals surface area (Å²) in [5.74, 6) is -0.335. The van der Waals surface area contributed by atoms with Crippen molar-refractivity contribution < 1.29 is 14.7 Å². The number of nitrogens with one attached hydrogen (secondary N) is 2. The number of thiophene rings is 1. The number of carbonyl (C=O) groups is 2. The smallest absolute Gasteiger partial charge is 0.268 e. The number of hydrogen-bond donors (Lipinski definition) is 3. The third-order valence-corrected chi connectivity index (χ3v) is 8.08.